The average molecular weight is 238 g/mol. The van der Waals surface area contributed by atoms with Crippen molar-refractivity contribution in [2.45, 2.75) is 13.0 Å². The predicted molar refractivity (Wildman–Crippen MR) is 65.3 cm³/mol. The second kappa shape index (κ2) is 5.54. The number of carbonyl (C=O) groups excluding carboxylic acids is 1. The fourth-order valence-electron chi connectivity index (χ4n) is 1.61. The Morgan fingerprint density at radius 3 is 2.59 bits per heavy atom. The van der Waals surface area contributed by atoms with Crippen molar-refractivity contribution in [2.75, 3.05) is 20.6 Å². The van der Waals surface area contributed by atoms with Gasteiger partial charge in [-0.2, -0.15) is 0 Å². The minimum Gasteiger partial charge on any atom is -0.508 e. The summed E-state index contributed by atoms with van der Waals surface area (Å²) in [6.45, 7) is 2.60. The van der Waals surface area contributed by atoms with Crippen molar-refractivity contribution < 1.29 is 15.0 Å². The van der Waals surface area contributed by atoms with Gasteiger partial charge in [0.1, 0.15) is 11.5 Å². The van der Waals surface area contributed by atoms with Crippen molar-refractivity contribution in [1.29, 1.82) is 0 Å². The van der Waals surface area contributed by atoms with E-state index in [1.165, 1.54) is 12.1 Å². The first-order valence-corrected chi connectivity index (χ1v) is 5.37. The zero-order chi connectivity index (χ0) is 13.0. The van der Waals surface area contributed by atoms with Crippen LogP contribution in [0.3, 0.4) is 0 Å². The van der Waals surface area contributed by atoms with E-state index in [4.69, 9.17) is 5.11 Å². The van der Waals surface area contributed by atoms with Crippen LogP contribution >= 0.6 is 0 Å². The van der Waals surface area contributed by atoms with Gasteiger partial charge in [-0.1, -0.05) is 0 Å². The summed E-state index contributed by atoms with van der Waals surface area (Å²) in [7, 11) is 3.83. The number of aromatic hydroxyl groups is 2. The first kappa shape index (κ1) is 13.3. The van der Waals surface area contributed by atoms with Gasteiger partial charge in [0.05, 0.1) is 5.56 Å². The molecule has 0 aliphatic rings. The number of nitrogens with zero attached hydrogens (tertiary/aromatic N) is 1. The molecule has 0 heterocycles. The van der Waals surface area contributed by atoms with Crippen LogP contribution in [0.1, 0.15) is 17.3 Å². The van der Waals surface area contributed by atoms with Crippen LogP contribution in [0, 0.1) is 0 Å². The Bertz CT molecular complexity index is 405. The number of nitrogens with one attached hydrogen (secondary N) is 1. The third-order valence-electron chi connectivity index (χ3n) is 2.24. The van der Waals surface area contributed by atoms with Gasteiger partial charge in [-0.3, -0.25) is 4.79 Å². The lowest BCUT2D eigenvalue weighted by Crippen LogP contribution is -2.39. The first-order valence-electron chi connectivity index (χ1n) is 5.37. The Kier molecular flexibility index (Phi) is 4.34. The molecule has 94 valence electrons. The maximum atomic E-state index is 11.8. The molecular formula is C12H18N2O3. The molecule has 0 radical (unpaired) electrons. The van der Waals surface area contributed by atoms with Crippen LogP contribution in [0.2, 0.25) is 0 Å². The molecule has 0 aromatic heterocycles. The lowest BCUT2D eigenvalue weighted by atomic mass is 10.1. The van der Waals surface area contributed by atoms with Crippen molar-refractivity contribution in [1.82, 2.24) is 10.2 Å². The zero-order valence-electron chi connectivity index (χ0n) is 10.3. The van der Waals surface area contributed by atoms with Crippen LogP contribution in [-0.2, 0) is 0 Å². The molecule has 1 rings (SSSR count). The smallest absolute Gasteiger partial charge is 0.255 e. The summed E-state index contributed by atoms with van der Waals surface area (Å²) in [5.74, 6) is -0.642. The molecule has 1 atom stereocenters. The van der Waals surface area contributed by atoms with Gasteiger partial charge in [-0.05, 0) is 33.2 Å². The Morgan fingerprint density at radius 1 is 1.41 bits per heavy atom. The van der Waals surface area contributed by atoms with Crippen molar-refractivity contribution in [2.24, 2.45) is 0 Å². The number of carbonyl (C=O) groups is 1. The van der Waals surface area contributed by atoms with Gasteiger partial charge in [-0.25, -0.2) is 0 Å². The molecule has 0 aliphatic carbocycles. The molecule has 3 N–H and O–H groups in total. The van der Waals surface area contributed by atoms with Crippen LogP contribution in [-0.4, -0.2) is 47.7 Å². The molecular weight excluding hydrogens is 220 g/mol. The summed E-state index contributed by atoms with van der Waals surface area (Å²) in [5.41, 5.74) is 0.161. The Balaban J connectivity index is 2.70. The fourth-order valence-corrected chi connectivity index (χ4v) is 1.61. The summed E-state index contributed by atoms with van der Waals surface area (Å²) in [6.07, 6.45) is 0. The molecule has 1 aromatic rings. The highest BCUT2D eigenvalue weighted by atomic mass is 16.3. The van der Waals surface area contributed by atoms with Gasteiger partial charge in [0.25, 0.3) is 5.91 Å². The molecule has 0 bridgehead atoms. The number of likely N-dealkylation sites (N-methyl/N-ethyl adjacent to an activating group) is 1. The lowest BCUT2D eigenvalue weighted by molar-refractivity contribution is 0.0931. The molecule has 0 spiro atoms. The summed E-state index contributed by atoms with van der Waals surface area (Å²) in [6, 6.07) is 3.88. The van der Waals surface area contributed by atoms with Gasteiger partial charge < -0.3 is 20.4 Å². The van der Waals surface area contributed by atoms with Gasteiger partial charge in [0, 0.05) is 18.7 Å². The molecule has 0 fully saturated rings. The van der Waals surface area contributed by atoms with Crippen molar-refractivity contribution in [3.05, 3.63) is 23.8 Å². The number of amides is 1. The van der Waals surface area contributed by atoms with E-state index in [0.29, 0.717) is 6.54 Å². The van der Waals surface area contributed by atoms with E-state index >= 15 is 0 Å². The van der Waals surface area contributed by atoms with Crippen molar-refractivity contribution in [3.8, 4) is 11.5 Å². The number of hydrogen-bond acceptors (Lipinski definition) is 4. The monoisotopic (exact) mass is 238 g/mol. The van der Waals surface area contributed by atoms with Gasteiger partial charge in [0.15, 0.2) is 0 Å². The maximum absolute atomic E-state index is 11.8. The number of phenolic OH excluding ortho intramolecular Hbond substituents is 2. The molecule has 0 saturated carbocycles. The van der Waals surface area contributed by atoms with E-state index in [1.807, 2.05) is 25.9 Å². The molecule has 1 unspecified atom stereocenters. The number of rotatable bonds is 4. The van der Waals surface area contributed by atoms with Crippen LogP contribution < -0.4 is 5.32 Å². The van der Waals surface area contributed by atoms with E-state index in [0.717, 1.165) is 6.07 Å². The van der Waals surface area contributed by atoms with E-state index in [1.54, 1.807) is 0 Å². The Morgan fingerprint density at radius 2 is 2.06 bits per heavy atom. The molecule has 0 aliphatic heterocycles. The third-order valence-corrected chi connectivity index (χ3v) is 2.24. The quantitative estimate of drug-likeness (QED) is 0.724. The normalized spacial score (nSPS) is 12.5. The van der Waals surface area contributed by atoms with Crippen LogP contribution in [0.4, 0.5) is 0 Å². The Labute approximate surface area is 101 Å². The lowest BCUT2D eigenvalue weighted by Gasteiger charge is -2.18. The zero-order valence-corrected chi connectivity index (χ0v) is 10.3. The van der Waals surface area contributed by atoms with Crippen LogP contribution in [0.25, 0.3) is 0 Å². The first-order chi connectivity index (χ1) is 7.90. The second-order valence-electron chi connectivity index (χ2n) is 4.34. The molecule has 5 nitrogen and oxygen atoms in total. The van der Waals surface area contributed by atoms with E-state index in [-0.39, 0.29) is 29.0 Å². The van der Waals surface area contributed by atoms with Gasteiger partial charge in [-0.15, -0.1) is 0 Å². The highest BCUT2D eigenvalue weighted by molar-refractivity contribution is 5.97. The molecule has 1 amide bonds. The van der Waals surface area contributed by atoms with Gasteiger partial charge >= 0.3 is 0 Å². The van der Waals surface area contributed by atoms with E-state index < -0.39 is 0 Å². The molecule has 0 saturated heterocycles. The molecule has 17 heavy (non-hydrogen) atoms. The van der Waals surface area contributed by atoms with Crippen LogP contribution in [0.5, 0.6) is 11.5 Å². The topological polar surface area (TPSA) is 72.8 Å². The minimum absolute atomic E-state index is 0.0225. The number of phenols is 2. The van der Waals surface area contributed by atoms with Crippen LogP contribution in [0.15, 0.2) is 18.2 Å². The molecule has 1 aromatic carbocycles. The SMILES string of the molecule is CC(CN(C)C)NC(=O)c1ccc(O)cc1O. The third kappa shape index (κ3) is 3.96. The average Bonchev–Trinajstić information content (AvgIpc) is 2.15. The number of hydrogen-bond donors (Lipinski definition) is 3. The van der Waals surface area contributed by atoms with E-state index in [9.17, 15) is 9.90 Å². The highest BCUT2D eigenvalue weighted by Gasteiger charge is 2.14. The summed E-state index contributed by atoms with van der Waals surface area (Å²) in [4.78, 5) is 13.8. The predicted octanol–water partition coefficient (Wildman–Crippen LogP) is 0.778. The highest BCUT2D eigenvalue weighted by Crippen LogP contribution is 2.22. The molecule has 5 heteroatoms. The maximum Gasteiger partial charge on any atom is 0.255 e. The number of benzene rings is 1. The standard InChI is InChI=1S/C12H18N2O3/c1-8(7-14(2)3)13-12(17)10-5-4-9(15)6-11(10)16/h4-6,8,15-16H,7H2,1-3H3,(H,13,17). The Hall–Kier alpha value is -1.75. The largest absolute Gasteiger partial charge is 0.508 e. The van der Waals surface area contributed by atoms with Gasteiger partial charge in [0.2, 0.25) is 0 Å². The van der Waals surface area contributed by atoms with Crippen molar-refractivity contribution >= 4 is 5.91 Å². The minimum atomic E-state index is -0.350. The van der Waals surface area contributed by atoms with Crippen molar-refractivity contribution in [3.63, 3.8) is 0 Å². The fraction of sp³-hybridized carbons (Fsp3) is 0.417. The van der Waals surface area contributed by atoms with E-state index in [2.05, 4.69) is 5.32 Å². The summed E-state index contributed by atoms with van der Waals surface area (Å²) >= 11 is 0. The second-order valence-corrected chi connectivity index (χ2v) is 4.34. The summed E-state index contributed by atoms with van der Waals surface area (Å²) < 4.78 is 0. The summed E-state index contributed by atoms with van der Waals surface area (Å²) in [5, 5.41) is 21.4.